The number of aryl methyl sites for hydroxylation is 1. The highest BCUT2D eigenvalue weighted by atomic mass is 19.1. The number of likely N-dealkylation sites (N-methyl/N-ethyl adjacent to an activating group) is 1. The molecule has 0 saturated carbocycles. The Hall–Kier alpha value is -3.26. The van der Waals surface area contributed by atoms with Gasteiger partial charge in [-0.15, -0.1) is 0 Å². The lowest BCUT2D eigenvalue weighted by Gasteiger charge is -2.41. The zero-order chi connectivity index (χ0) is 25.3. The number of nitrogens with one attached hydrogen (secondary N) is 1. The van der Waals surface area contributed by atoms with Crippen molar-refractivity contribution in [2.75, 3.05) is 32.1 Å². The zero-order valence-corrected chi connectivity index (χ0v) is 20.5. The van der Waals surface area contributed by atoms with Crippen LogP contribution in [-0.4, -0.2) is 55.1 Å². The normalized spacial score (nSPS) is 12.1. The summed E-state index contributed by atoms with van der Waals surface area (Å²) in [5, 5.41) is 2.80. The van der Waals surface area contributed by atoms with Crippen LogP contribution in [0.4, 0.5) is 10.1 Å². The predicted octanol–water partition coefficient (Wildman–Crippen LogP) is 4.24. The van der Waals surface area contributed by atoms with Crippen LogP contribution in [0.1, 0.15) is 48.7 Å². The van der Waals surface area contributed by atoms with E-state index in [0.717, 1.165) is 11.6 Å². The molecule has 1 N–H and O–H groups in total. The molecule has 1 amide bonds. The maximum absolute atomic E-state index is 13.9. The molecule has 0 aliphatic heterocycles. The smallest absolute Gasteiger partial charge is 0.362 e. The lowest BCUT2D eigenvalue weighted by molar-refractivity contribution is -0.932. The van der Waals surface area contributed by atoms with Gasteiger partial charge in [0.25, 0.3) is 5.91 Å². The number of amides is 1. The highest BCUT2D eigenvalue weighted by Crippen LogP contribution is 2.26. The summed E-state index contributed by atoms with van der Waals surface area (Å²) in [5.74, 6) is -2.10. The molecule has 0 bridgehead atoms. The third-order valence-electron chi connectivity index (χ3n) is 6.25. The molecule has 8 heteroatoms. The van der Waals surface area contributed by atoms with Crippen molar-refractivity contribution in [1.82, 2.24) is 0 Å². The van der Waals surface area contributed by atoms with Gasteiger partial charge in [0.1, 0.15) is 12.4 Å². The Morgan fingerprint density at radius 3 is 2.26 bits per heavy atom. The van der Waals surface area contributed by atoms with Crippen LogP contribution in [0, 0.1) is 12.7 Å². The van der Waals surface area contributed by atoms with E-state index in [-0.39, 0.29) is 34.8 Å². The Balaban J connectivity index is 2.26. The van der Waals surface area contributed by atoms with Crippen LogP contribution in [0.3, 0.4) is 0 Å². The number of quaternary nitrogens is 1. The molecule has 0 aliphatic carbocycles. The van der Waals surface area contributed by atoms with Crippen LogP contribution in [0.25, 0.3) is 0 Å². The van der Waals surface area contributed by atoms with Gasteiger partial charge in [-0.1, -0.05) is 37.3 Å². The van der Waals surface area contributed by atoms with Gasteiger partial charge in [0.15, 0.2) is 12.6 Å². The van der Waals surface area contributed by atoms with Gasteiger partial charge in [0.05, 0.1) is 31.5 Å². The second-order valence-electron chi connectivity index (χ2n) is 8.21. The fraction of sp³-hybridized carbons (Fsp3) is 0.423. The lowest BCUT2D eigenvalue weighted by Crippen LogP contribution is -2.61. The zero-order valence-electron chi connectivity index (χ0n) is 20.5. The molecule has 0 heterocycles. The van der Waals surface area contributed by atoms with Crippen LogP contribution in [0.15, 0.2) is 42.5 Å². The third kappa shape index (κ3) is 6.41. The molecular formula is C26H34FN2O5+. The van der Waals surface area contributed by atoms with Crippen LogP contribution < -0.4 is 5.32 Å². The van der Waals surface area contributed by atoms with E-state index in [0.29, 0.717) is 25.1 Å². The van der Waals surface area contributed by atoms with Crippen molar-refractivity contribution in [2.24, 2.45) is 0 Å². The quantitative estimate of drug-likeness (QED) is 0.390. The number of halogens is 1. The summed E-state index contributed by atoms with van der Waals surface area (Å²) in [6.45, 7) is 8.56. The molecule has 1 atom stereocenters. The monoisotopic (exact) mass is 473 g/mol. The first kappa shape index (κ1) is 27.0. The van der Waals surface area contributed by atoms with E-state index in [1.165, 1.54) is 13.2 Å². The summed E-state index contributed by atoms with van der Waals surface area (Å²) in [5.41, 5.74) is 1.43. The molecule has 184 valence electrons. The molecule has 34 heavy (non-hydrogen) atoms. The summed E-state index contributed by atoms with van der Waals surface area (Å²) in [6, 6.07) is 11.1. The van der Waals surface area contributed by atoms with E-state index in [4.69, 9.17) is 9.47 Å². The average molecular weight is 474 g/mol. The van der Waals surface area contributed by atoms with E-state index in [9.17, 15) is 18.8 Å². The fourth-order valence-corrected chi connectivity index (χ4v) is 4.25. The maximum Gasteiger partial charge on any atom is 0.362 e. The van der Waals surface area contributed by atoms with Gasteiger partial charge in [-0.25, -0.2) is 14.0 Å². The first-order valence-electron chi connectivity index (χ1n) is 11.5. The van der Waals surface area contributed by atoms with Crippen molar-refractivity contribution in [3.63, 3.8) is 0 Å². The maximum atomic E-state index is 13.9. The first-order valence-corrected chi connectivity index (χ1v) is 11.5. The van der Waals surface area contributed by atoms with Crippen LogP contribution in [-0.2, 0) is 25.7 Å². The Morgan fingerprint density at radius 2 is 1.71 bits per heavy atom. The average Bonchev–Trinajstić information content (AvgIpc) is 2.84. The largest absolute Gasteiger partial charge is 0.465 e. The van der Waals surface area contributed by atoms with Crippen molar-refractivity contribution >= 4 is 23.5 Å². The van der Waals surface area contributed by atoms with Gasteiger partial charge < -0.3 is 19.3 Å². The second-order valence-corrected chi connectivity index (χ2v) is 8.21. The summed E-state index contributed by atoms with van der Waals surface area (Å²) >= 11 is 0. The van der Waals surface area contributed by atoms with Crippen molar-refractivity contribution in [3.05, 3.63) is 65.0 Å². The van der Waals surface area contributed by atoms with Crippen molar-refractivity contribution in [1.29, 1.82) is 0 Å². The SMILES string of the molecule is CCC(C(=O)Nc1c(C)cc(F)cc1C(=O)OC)[N+](CC)(CC)CC(=O)OCc1ccccc1. The molecular weight excluding hydrogens is 439 g/mol. The number of carbonyl (C=O) groups excluding carboxylic acids is 3. The minimum atomic E-state index is -0.748. The minimum Gasteiger partial charge on any atom is -0.465 e. The number of carbonyl (C=O) groups is 3. The van der Waals surface area contributed by atoms with E-state index in [1.54, 1.807) is 6.92 Å². The molecule has 2 aromatic carbocycles. The Kier molecular flexibility index (Phi) is 9.74. The Morgan fingerprint density at radius 1 is 1.06 bits per heavy atom. The van der Waals surface area contributed by atoms with E-state index < -0.39 is 23.8 Å². The molecule has 0 aliphatic rings. The second kappa shape index (κ2) is 12.3. The highest BCUT2D eigenvalue weighted by molar-refractivity contribution is 6.03. The number of rotatable bonds is 11. The summed E-state index contributed by atoms with van der Waals surface area (Å²) in [7, 11) is 1.19. The van der Waals surface area contributed by atoms with Crippen molar-refractivity contribution in [3.8, 4) is 0 Å². The molecule has 0 fully saturated rings. The Labute approximate surface area is 200 Å². The molecule has 1 unspecified atom stereocenters. The number of benzene rings is 2. The molecule has 0 saturated heterocycles. The van der Waals surface area contributed by atoms with Crippen LogP contribution in [0.2, 0.25) is 0 Å². The Bertz CT molecular complexity index is 1010. The highest BCUT2D eigenvalue weighted by Gasteiger charge is 2.41. The molecule has 2 aromatic rings. The first-order chi connectivity index (χ1) is 16.2. The topological polar surface area (TPSA) is 81.7 Å². The van der Waals surface area contributed by atoms with E-state index >= 15 is 0 Å². The number of nitrogens with zero attached hydrogens (tertiary/aromatic N) is 1. The molecule has 2 rings (SSSR count). The summed E-state index contributed by atoms with van der Waals surface area (Å²) < 4.78 is 24.4. The van der Waals surface area contributed by atoms with Crippen LogP contribution >= 0.6 is 0 Å². The predicted molar refractivity (Wildman–Crippen MR) is 128 cm³/mol. The van der Waals surface area contributed by atoms with E-state index in [2.05, 4.69) is 5.32 Å². The van der Waals surface area contributed by atoms with Gasteiger partial charge in [-0.2, -0.15) is 0 Å². The van der Waals surface area contributed by atoms with Gasteiger partial charge >= 0.3 is 11.9 Å². The fourth-order valence-electron chi connectivity index (χ4n) is 4.25. The summed E-state index contributed by atoms with van der Waals surface area (Å²) in [4.78, 5) is 38.4. The molecule has 0 aromatic heterocycles. The van der Waals surface area contributed by atoms with Gasteiger partial charge in [-0.05, 0) is 44.0 Å². The number of methoxy groups -OCH3 is 1. The van der Waals surface area contributed by atoms with Crippen molar-refractivity contribution in [2.45, 2.75) is 46.8 Å². The molecule has 0 spiro atoms. The van der Waals surface area contributed by atoms with Gasteiger partial charge in [0, 0.05) is 6.42 Å². The van der Waals surface area contributed by atoms with Crippen molar-refractivity contribution < 1.29 is 32.7 Å². The van der Waals surface area contributed by atoms with E-state index in [1.807, 2.05) is 51.1 Å². The van der Waals surface area contributed by atoms with Crippen LogP contribution in [0.5, 0.6) is 0 Å². The lowest BCUT2D eigenvalue weighted by atomic mass is 10.0. The number of anilines is 1. The van der Waals surface area contributed by atoms with Gasteiger partial charge in [-0.3, -0.25) is 4.79 Å². The number of hydrogen-bond donors (Lipinski definition) is 1. The minimum absolute atomic E-state index is 0.0258. The number of ether oxygens (including phenoxy) is 2. The standard InChI is InChI=1S/C26H33FN2O5/c1-6-22(25(31)28-24-18(4)14-20(27)15-21(24)26(32)33-5)29(7-2,8-3)16-23(30)34-17-19-12-10-9-11-13-19/h9-15,22H,6-8,16-17H2,1-5H3/p+1. The molecule has 7 nitrogen and oxygen atoms in total. The third-order valence-corrected chi connectivity index (χ3v) is 6.25. The number of hydrogen-bond acceptors (Lipinski definition) is 5. The number of esters is 2. The molecule has 0 radical (unpaired) electrons. The summed E-state index contributed by atoms with van der Waals surface area (Å²) in [6.07, 6.45) is 0.452. The van der Waals surface area contributed by atoms with Gasteiger partial charge in [0.2, 0.25) is 0 Å².